The Labute approximate surface area is 77.7 Å². The first-order valence-corrected chi connectivity index (χ1v) is 5.02. The van der Waals surface area contributed by atoms with Crippen LogP contribution < -0.4 is 0 Å². The maximum Gasteiger partial charge on any atom is 0.0399 e. The van der Waals surface area contributed by atoms with E-state index in [1.165, 1.54) is 11.1 Å². The van der Waals surface area contributed by atoms with E-state index in [2.05, 4.69) is 49.6 Å². The fourth-order valence-electron chi connectivity index (χ4n) is 1.53. The van der Waals surface area contributed by atoms with Crippen LogP contribution in [-0.2, 0) is 4.75 Å². The second kappa shape index (κ2) is 2.67. The summed E-state index contributed by atoms with van der Waals surface area (Å²) in [7, 11) is 0. The molecule has 62 valence electrons. The third-order valence-electron chi connectivity index (χ3n) is 2.22. The van der Waals surface area contributed by atoms with E-state index in [4.69, 9.17) is 0 Å². The molecule has 0 aliphatic carbocycles. The Morgan fingerprint density at radius 1 is 1.17 bits per heavy atom. The Kier molecular flexibility index (Phi) is 1.76. The molecule has 1 aromatic rings. The van der Waals surface area contributed by atoms with Gasteiger partial charge in [-0.05, 0) is 36.5 Å². The van der Waals surface area contributed by atoms with Gasteiger partial charge in [0.15, 0.2) is 0 Å². The molecule has 0 aromatic heterocycles. The molecule has 1 heteroatoms. The molecular formula is C11H12S. The van der Waals surface area contributed by atoms with Crippen molar-refractivity contribution in [2.45, 2.75) is 18.6 Å². The molecule has 0 amide bonds. The molecule has 1 aliphatic rings. The minimum atomic E-state index is 0.241. The smallest absolute Gasteiger partial charge is 0.0399 e. The van der Waals surface area contributed by atoms with Crippen LogP contribution >= 0.6 is 11.8 Å². The lowest BCUT2D eigenvalue weighted by Crippen LogP contribution is -2.14. The summed E-state index contributed by atoms with van der Waals surface area (Å²) in [6.07, 6.45) is 2.19. The summed E-state index contributed by atoms with van der Waals surface area (Å²) in [5.74, 6) is 0. The first-order chi connectivity index (χ1) is 5.70. The second-order valence-corrected chi connectivity index (χ2v) is 5.05. The third kappa shape index (κ3) is 1.18. The van der Waals surface area contributed by atoms with Crippen LogP contribution in [0, 0.1) is 0 Å². The topological polar surface area (TPSA) is 0 Å². The molecule has 0 fully saturated rings. The molecule has 1 aliphatic heterocycles. The molecule has 2 rings (SSSR count). The van der Waals surface area contributed by atoms with Gasteiger partial charge in [0.1, 0.15) is 0 Å². The van der Waals surface area contributed by atoms with Gasteiger partial charge in [0.05, 0.1) is 0 Å². The van der Waals surface area contributed by atoms with Crippen molar-refractivity contribution in [2.75, 3.05) is 0 Å². The molecule has 0 bridgehead atoms. The standard InChI is InChI=1S/C11H12S/c1-11(2)10-6-4-3-5-9(10)7-8-12-11/h3-8H,1-2H3. The van der Waals surface area contributed by atoms with Gasteiger partial charge in [0, 0.05) is 4.75 Å². The summed E-state index contributed by atoms with van der Waals surface area (Å²) in [6, 6.07) is 8.59. The average Bonchev–Trinajstić information content (AvgIpc) is 2.04. The fraction of sp³-hybridized carbons (Fsp3) is 0.273. The number of hydrogen-bond donors (Lipinski definition) is 0. The lowest BCUT2D eigenvalue weighted by Gasteiger charge is -2.27. The van der Waals surface area contributed by atoms with Crippen molar-refractivity contribution in [3.63, 3.8) is 0 Å². The quantitative estimate of drug-likeness (QED) is 0.581. The summed E-state index contributed by atoms with van der Waals surface area (Å²) in [5, 5.41) is 2.18. The van der Waals surface area contributed by atoms with Gasteiger partial charge in [-0.2, -0.15) is 0 Å². The Morgan fingerprint density at radius 3 is 2.67 bits per heavy atom. The van der Waals surface area contributed by atoms with E-state index in [-0.39, 0.29) is 4.75 Å². The average molecular weight is 176 g/mol. The molecule has 0 saturated carbocycles. The van der Waals surface area contributed by atoms with E-state index < -0.39 is 0 Å². The molecule has 0 saturated heterocycles. The van der Waals surface area contributed by atoms with E-state index in [1.807, 2.05) is 11.8 Å². The molecule has 1 heterocycles. The summed E-state index contributed by atoms with van der Waals surface area (Å²) in [5.41, 5.74) is 2.80. The maximum absolute atomic E-state index is 2.26. The van der Waals surface area contributed by atoms with Gasteiger partial charge >= 0.3 is 0 Å². The Hall–Kier alpha value is -0.690. The highest BCUT2D eigenvalue weighted by atomic mass is 32.2. The molecular weight excluding hydrogens is 164 g/mol. The van der Waals surface area contributed by atoms with E-state index in [9.17, 15) is 0 Å². The highest BCUT2D eigenvalue weighted by Gasteiger charge is 2.24. The molecule has 0 radical (unpaired) electrons. The van der Waals surface area contributed by atoms with Crippen molar-refractivity contribution in [1.29, 1.82) is 0 Å². The highest BCUT2D eigenvalue weighted by molar-refractivity contribution is 8.03. The minimum Gasteiger partial charge on any atom is -0.123 e. The largest absolute Gasteiger partial charge is 0.123 e. The molecule has 0 N–H and O–H groups in total. The predicted octanol–water partition coefficient (Wildman–Crippen LogP) is 3.64. The first-order valence-electron chi connectivity index (χ1n) is 4.14. The Morgan fingerprint density at radius 2 is 1.92 bits per heavy atom. The van der Waals surface area contributed by atoms with Crippen LogP contribution in [-0.4, -0.2) is 0 Å². The van der Waals surface area contributed by atoms with Crippen molar-refractivity contribution in [2.24, 2.45) is 0 Å². The van der Waals surface area contributed by atoms with E-state index in [0.717, 1.165) is 0 Å². The highest BCUT2D eigenvalue weighted by Crippen LogP contribution is 2.42. The van der Waals surface area contributed by atoms with Crippen LogP contribution in [0.2, 0.25) is 0 Å². The molecule has 12 heavy (non-hydrogen) atoms. The van der Waals surface area contributed by atoms with Crippen molar-refractivity contribution in [3.05, 3.63) is 40.8 Å². The zero-order valence-corrected chi connectivity index (χ0v) is 8.19. The second-order valence-electron chi connectivity index (χ2n) is 3.52. The van der Waals surface area contributed by atoms with E-state index in [0.29, 0.717) is 0 Å². The van der Waals surface area contributed by atoms with Gasteiger partial charge < -0.3 is 0 Å². The first kappa shape index (κ1) is 7.93. The van der Waals surface area contributed by atoms with Crippen LogP contribution in [0.15, 0.2) is 29.7 Å². The van der Waals surface area contributed by atoms with E-state index >= 15 is 0 Å². The molecule has 1 aromatic carbocycles. The number of rotatable bonds is 0. The van der Waals surface area contributed by atoms with Crippen molar-refractivity contribution < 1.29 is 0 Å². The molecule has 0 nitrogen and oxygen atoms in total. The summed E-state index contributed by atoms with van der Waals surface area (Å²) in [6.45, 7) is 4.53. The van der Waals surface area contributed by atoms with Gasteiger partial charge in [0.2, 0.25) is 0 Å². The summed E-state index contributed by atoms with van der Waals surface area (Å²) < 4.78 is 0.241. The van der Waals surface area contributed by atoms with E-state index in [1.54, 1.807) is 0 Å². The van der Waals surface area contributed by atoms with Crippen LogP contribution in [0.5, 0.6) is 0 Å². The van der Waals surface area contributed by atoms with Crippen LogP contribution in [0.4, 0.5) is 0 Å². The third-order valence-corrected chi connectivity index (χ3v) is 3.30. The lowest BCUT2D eigenvalue weighted by atomic mass is 9.96. The van der Waals surface area contributed by atoms with Crippen molar-refractivity contribution >= 4 is 17.8 Å². The molecule has 0 unspecified atom stereocenters. The van der Waals surface area contributed by atoms with Crippen molar-refractivity contribution in [1.82, 2.24) is 0 Å². The van der Waals surface area contributed by atoms with Gasteiger partial charge in [-0.1, -0.05) is 24.3 Å². The van der Waals surface area contributed by atoms with Crippen LogP contribution in [0.3, 0.4) is 0 Å². The monoisotopic (exact) mass is 176 g/mol. The normalized spacial score (nSPS) is 18.8. The predicted molar refractivity (Wildman–Crippen MR) is 56.1 cm³/mol. The van der Waals surface area contributed by atoms with Gasteiger partial charge in [-0.25, -0.2) is 0 Å². The zero-order valence-electron chi connectivity index (χ0n) is 7.37. The molecule has 0 spiro atoms. The number of hydrogen-bond acceptors (Lipinski definition) is 1. The van der Waals surface area contributed by atoms with Gasteiger partial charge in [-0.15, -0.1) is 11.8 Å². The number of benzene rings is 1. The SMILES string of the molecule is CC1(C)SC=Cc2ccccc21. The lowest BCUT2D eigenvalue weighted by molar-refractivity contribution is 0.782. The van der Waals surface area contributed by atoms with Crippen molar-refractivity contribution in [3.8, 4) is 0 Å². The number of thioether (sulfide) groups is 1. The van der Waals surface area contributed by atoms with Gasteiger partial charge in [-0.3, -0.25) is 0 Å². The van der Waals surface area contributed by atoms with Crippen LogP contribution in [0.1, 0.15) is 25.0 Å². The minimum absolute atomic E-state index is 0.241. The zero-order chi connectivity index (χ0) is 8.60. The Bertz CT molecular complexity index is 324. The molecule has 0 atom stereocenters. The van der Waals surface area contributed by atoms with Gasteiger partial charge in [0.25, 0.3) is 0 Å². The maximum atomic E-state index is 2.26. The Balaban J connectivity index is 2.60. The number of fused-ring (bicyclic) bond motifs is 1. The summed E-state index contributed by atoms with van der Waals surface area (Å²) >= 11 is 1.88. The van der Waals surface area contributed by atoms with Crippen LogP contribution in [0.25, 0.3) is 6.08 Å². The summed E-state index contributed by atoms with van der Waals surface area (Å²) in [4.78, 5) is 0. The fourth-order valence-corrected chi connectivity index (χ4v) is 2.40.